The summed E-state index contributed by atoms with van der Waals surface area (Å²) in [6, 6.07) is 0. The highest BCUT2D eigenvalue weighted by Crippen LogP contribution is 2.10. The SMILES string of the molecule is C#C[C@](CO)(COC(C)=O)NC(=O)OC(C)(C)C. The van der Waals surface area contributed by atoms with Crippen LogP contribution in [0.4, 0.5) is 4.79 Å². The van der Waals surface area contributed by atoms with E-state index in [-0.39, 0.29) is 6.61 Å². The zero-order valence-electron chi connectivity index (χ0n) is 11.1. The number of rotatable bonds is 4. The third-order valence-electron chi connectivity index (χ3n) is 1.81. The molecular weight excluding hydrogens is 238 g/mol. The van der Waals surface area contributed by atoms with Gasteiger partial charge in [0.1, 0.15) is 12.2 Å². The zero-order valence-corrected chi connectivity index (χ0v) is 11.1. The van der Waals surface area contributed by atoms with E-state index in [1.807, 2.05) is 0 Å². The molecule has 0 aliphatic carbocycles. The molecule has 102 valence electrons. The molecule has 6 heteroatoms. The van der Waals surface area contributed by atoms with E-state index in [9.17, 15) is 14.7 Å². The van der Waals surface area contributed by atoms with Crippen molar-refractivity contribution in [3.05, 3.63) is 0 Å². The fourth-order valence-electron chi connectivity index (χ4n) is 0.968. The molecule has 0 spiro atoms. The number of alkyl carbamates (subject to hydrolysis) is 1. The second-order valence-corrected chi connectivity index (χ2v) is 4.79. The summed E-state index contributed by atoms with van der Waals surface area (Å²) < 4.78 is 9.71. The Labute approximate surface area is 107 Å². The van der Waals surface area contributed by atoms with E-state index in [2.05, 4.69) is 11.2 Å². The van der Waals surface area contributed by atoms with Crippen molar-refractivity contribution in [1.29, 1.82) is 0 Å². The molecule has 2 N–H and O–H groups in total. The molecule has 0 aliphatic heterocycles. The topological polar surface area (TPSA) is 84.9 Å². The van der Waals surface area contributed by atoms with Gasteiger partial charge in [0.15, 0.2) is 5.54 Å². The maximum Gasteiger partial charge on any atom is 0.409 e. The first-order chi connectivity index (χ1) is 8.14. The minimum absolute atomic E-state index is 0.325. The van der Waals surface area contributed by atoms with Gasteiger partial charge in [0.25, 0.3) is 0 Å². The average Bonchev–Trinajstić information content (AvgIpc) is 2.21. The van der Waals surface area contributed by atoms with Crippen LogP contribution in [-0.4, -0.2) is 41.5 Å². The van der Waals surface area contributed by atoms with Crippen LogP contribution in [0.25, 0.3) is 0 Å². The highest BCUT2D eigenvalue weighted by Gasteiger charge is 2.32. The molecule has 0 bridgehead atoms. The van der Waals surface area contributed by atoms with E-state index in [4.69, 9.17) is 15.9 Å². The number of nitrogens with one attached hydrogen (secondary N) is 1. The van der Waals surface area contributed by atoms with E-state index in [1.165, 1.54) is 6.92 Å². The first-order valence-electron chi connectivity index (χ1n) is 5.37. The van der Waals surface area contributed by atoms with Crippen LogP contribution in [0.15, 0.2) is 0 Å². The highest BCUT2D eigenvalue weighted by molar-refractivity contribution is 5.70. The van der Waals surface area contributed by atoms with Gasteiger partial charge in [-0.1, -0.05) is 5.92 Å². The third-order valence-corrected chi connectivity index (χ3v) is 1.81. The summed E-state index contributed by atoms with van der Waals surface area (Å²) in [6.45, 7) is 5.37. The lowest BCUT2D eigenvalue weighted by Crippen LogP contribution is -2.55. The van der Waals surface area contributed by atoms with Crippen LogP contribution < -0.4 is 5.32 Å². The first kappa shape index (κ1) is 16.3. The van der Waals surface area contributed by atoms with Crippen molar-refractivity contribution in [2.45, 2.75) is 38.8 Å². The van der Waals surface area contributed by atoms with Crippen LogP contribution >= 0.6 is 0 Å². The Morgan fingerprint density at radius 3 is 2.28 bits per heavy atom. The monoisotopic (exact) mass is 257 g/mol. The van der Waals surface area contributed by atoms with Crippen LogP contribution in [0.3, 0.4) is 0 Å². The molecule has 0 aromatic heterocycles. The summed E-state index contributed by atoms with van der Waals surface area (Å²) in [6.07, 6.45) is 4.45. The maximum atomic E-state index is 11.6. The predicted molar refractivity (Wildman–Crippen MR) is 64.7 cm³/mol. The Balaban J connectivity index is 4.66. The van der Waals surface area contributed by atoms with E-state index in [0.717, 1.165) is 0 Å². The first-order valence-corrected chi connectivity index (χ1v) is 5.37. The number of hydrogen-bond donors (Lipinski definition) is 2. The van der Waals surface area contributed by atoms with Gasteiger partial charge in [-0.15, -0.1) is 6.42 Å². The lowest BCUT2D eigenvalue weighted by Gasteiger charge is -2.28. The molecule has 0 aliphatic rings. The summed E-state index contributed by atoms with van der Waals surface area (Å²) in [4.78, 5) is 22.3. The molecule has 0 fully saturated rings. The number of ether oxygens (including phenoxy) is 2. The van der Waals surface area contributed by atoms with Crippen LogP contribution in [0.1, 0.15) is 27.7 Å². The number of aliphatic hydroxyl groups excluding tert-OH is 1. The van der Waals surface area contributed by atoms with Crippen molar-refractivity contribution in [2.75, 3.05) is 13.2 Å². The number of amides is 1. The molecule has 0 saturated carbocycles. The quantitative estimate of drug-likeness (QED) is 0.564. The standard InChI is InChI=1S/C12H19NO5/c1-6-12(7-14,8-17-9(2)15)13-10(16)18-11(3,4)5/h1,14H,7-8H2,2-5H3,(H,13,16)/t12-/m0/s1. The Morgan fingerprint density at radius 1 is 1.39 bits per heavy atom. The van der Waals surface area contributed by atoms with Crippen molar-refractivity contribution in [3.8, 4) is 12.3 Å². The molecule has 1 amide bonds. The molecule has 1 atom stereocenters. The number of esters is 1. The molecule has 0 radical (unpaired) electrons. The normalized spacial score (nSPS) is 14.0. The predicted octanol–water partition coefficient (Wildman–Crippen LogP) is 0.438. The second kappa shape index (κ2) is 6.26. The third kappa shape index (κ3) is 6.11. The lowest BCUT2D eigenvalue weighted by atomic mass is 10.0. The van der Waals surface area contributed by atoms with E-state index in [1.54, 1.807) is 20.8 Å². The van der Waals surface area contributed by atoms with Gasteiger partial charge < -0.3 is 14.6 Å². The van der Waals surface area contributed by atoms with E-state index >= 15 is 0 Å². The summed E-state index contributed by atoms with van der Waals surface area (Å²) in [7, 11) is 0. The van der Waals surface area contributed by atoms with Crippen LogP contribution in [0.5, 0.6) is 0 Å². The summed E-state index contributed by atoms with van der Waals surface area (Å²) in [5.41, 5.74) is -2.17. The maximum absolute atomic E-state index is 11.6. The fourth-order valence-corrected chi connectivity index (χ4v) is 0.968. The lowest BCUT2D eigenvalue weighted by molar-refractivity contribution is -0.142. The van der Waals surface area contributed by atoms with Gasteiger partial charge in [0, 0.05) is 6.92 Å². The number of aliphatic hydroxyl groups is 1. The molecule has 0 saturated heterocycles. The molecule has 0 aromatic carbocycles. The summed E-state index contributed by atoms with van der Waals surface area (Å²) in [5, 5.41) is 11.5. The van der Waals surface area contributed by atoms with Crippen LogP contribution in [0.2, 0.25) is 0 Å². The number of carbonyl (C=O) groups is 2. The van der Waals surface area contributed by atoms with Gasteiger partial charge in [0.2, 0.25) is 0 Å². The molecule has 0 aromatic rings. The van der Waals surface area contributed by atoms with Gasteiger partial charge in [0.05, 0.1) is 6.61 Å². The summed E-state index contributed by atoms with van der Waals surface area (Å²) >= 11 is 0. The van der Waals surface area contributed by atoms with Gasteiger partial charge in [-0.25, -0.2) is 4.79 Å². The molecule has 0 heterocycles. The Bertz CT molecular complexity index is 352. The van der Waals surface area contributed by atoms with Crippen LogP contribution in [0, 0.1) is 12.3 Å². The largest absolute Gasteiger partial charge is 0.462 e. The van der Waals surface area contributed by atoms with Gasteiger partial charge in [-0.3, -0.25) is 10.1 Å². The van der Waals surface area contributed by atoms with Crippen molar-refractivity contribution < 1.29 is 24.2 Å². The number of terminal acetylenes is 1. The Morgan fingerprint density at radius 2 is 1.94 bits per heavy atom. The van der Waals surface area contributed by atoms with Crippen molar-refractivity contribution >= 4 is 12.1 Å². The van der Waals surface area contributed by atoms with Gasteiger partial charge in [-0.05, 0) is 20.8 Å². The minimum atomic E-state index is -1.48. The minimum Gasteiger partial charge on any atom is -0.462 e. The van der Waals surface area contributed by atoms with Gasteiger partial charge in [-0.2, -0.15) is 0 Å². The fraction of sp³-hybridized carbons (Fsp3) is 0.667. The molecule has 18 heavy (non-hydrogen) atoms. The van der Waals surface area contributed by atoms with Crippen molar-refractivity contribution in [2.24, 2.45) is 0 Å². The van der Waals surface area contributed by atoms with Crippen LogP contribution in [-0.2, 0) is 14.3 Å². The summed E-state index contributed by atoms with van der Waals surface area (Å²) in [5.74, 6) is 1.64. The average molecular weight is 257 g/mol. The smallest absolute Gasteiger partial charge is 0.409 e. The molecule has 0 unspecified atom stereocenters. The van der Waals surface area contributed by atoms with E-state index in [0.29, 0.717) is 0 Å². The van der Waals surface area contributed by atoms with Crippen molar-refractivity contribution in [3.63, 3.8) is 0 Å². The number of hydrogen-bond acceptors (Lipinski definition) is 5. The molecule has 6 nitrogen and oxygen atoms in total. The Hall–Kier alpha value is -1.74. The highest BCUT2D eigenvalue weighted by atomic mass is 16.6. The number of carbonyl (C=O) groups excluding carboxylic acids is 2. The second-order valence-electron chi connectivity index (χ2n) is 4.79. The van der Waals surface area contributed by atoms with E-state index < -0.39 is 29.8 Å². The van der Waals surface area contributed by atoms with Crippen molar-refractivity contribution in [1.82, 2.24) is 5.32 Å². The zero-order chi connectivity index (χ0) is 14.4. The van der Waals surface area contributed by atoms with Gasteiger partial charge >= 0.3 is 12.1 Å². The molecule has 0 rings (SSSR count). The Kier molecular flexibility index (Phi) is 5.66. The molecular formula is C12H19NO5.